The number of carbonyl (C=O) groups excluding carboxylic acids is 2. The molecule has 1 aliphatic heterocycles. The smallest absolute Gasteiger partial charge is 0.262 e. The largest absolute Gasteiger partial charge is 0.382 e. The molecule has 5 nitrogen and oxygen atoms in total. The minimum atomic E-state index is -0.159. The molecule has 0 spiro atoms. The number of rotatable bonds is 7. The van der Waals surface area contributed by atoms with Gasteiger partial charge in [0, 0.05) is 30.2 Å². The van der Waals surface area contributed by atoms with Gasteiger partial charge < -0.3 is 15.4 Å². The molecule has 0 atom stereocenters. The van der Waals surface area contributed by atoms with E-state index in [2.05, 4.69) is 10.6 Å². The molecule has 0 aromatic heterocycles. The number of hydrogen-bond donors (Lipinski definition) is 2. The van der Waals surface area contributed by atoms with E-state index in [-0.39, 0.29) is 11.8 Å². The summed E-state index contributed by atoms with van der Waals surface area (Å²) in [5.74, 6) is -0.312. The highest BCUT2D eigenvalue weighted by molar-refractivity contribution is 8.04. The van der Waals surface area contributed by atoms with E-state index in [1.165, 1.54) is 11.8 Å². The molecule has 2 aromatic rings. The van der Waals surface area contributed by atoms with Crippen LogP contribution in [0.4, 0.5) is 5.69 Å². The lowest BCUT2D eigenvalue weighted by Crippen LogP contribution is -2.26. The zero-order valence-corrected chi connectivity index (χ0v) is 16.9. The van der Waals surface area contributed by atoms with Gasteiger partial charge in [0.25, 0.3) is 11.8 Å². The van der Waals surface area contributed by atoms with Crippen LogP contribution in [0.2, 0.25) is 0 Å². The van der Waals surface area contributed by atoms with Gasteiger partial charge in [0.1, 0.15) is 0 Å². The molecule has 2 N–H and O–H groups in total. The SMILES string of the molecule is CCOCCCNC(=O)c1ccc2c(c1)NC(=O)/C(=C\c1cccc(C)c1)S2. The molecule has 0 saturated heterocycles. The van der Waals surface area contributed by atoms with Gasteiger partial charge in [0.05, 0.1) is 10.6 Å². The molecular formula is C22H24N2O3S. The lowest BCUT2D eigenvalue weighted by atomic mass is 10.1. The van der Waals surface area contributed by atoms with Gasteiger partial charge in [-0.2, -0.15) is 0 Å². The van der Waals surface area contributed by atoms with Crippen molar-refractivity contribution in [1.29, 1.82) is 0 Å². The lowest BCUT2D eigenvalue weighted by molar-refractivity contribution is -0.112. The highest BCUT2D eigenvalue weighted by Crippen LogP contribution is 2.39. The molecule has 146 valence electrons. The third kappa shape index (κ3) is 5.24. The van der Waals surface area contributed by atoms with Gasteiger partial charge in [-0.05, 0) is 50.1 Å². The summed E-state index contributed by atoms with van der Waals surface area (Å²) < 4.78 is 5.26. The number of carbonyl (C=O) groups is 2. The van der Waals surface area contributed by atoms with Crippen molar-refractivity contribution >= 4 is 35.3 Å². The molecular weight excluding hydrogens is 372 g/mol. The fourth-order valence-corrected chi connectivity index (χ4v) is 3.77. The van der Waals surface area contributed by atoms with Gasteiger partial charge in [0.2, 0.25) is 0 Å². The second kappa shape index (κ2) is 9.57. The number of hydrogen-bond acceptors (Lipinski definition) is 4. The van der Waals surface area contributed by atoms with E-state index in [4.69, 9.17) is 4.74 Å². The van der Waals surface area contributed by atoms with Crippen molar-refractivity contribution in [2.24, 2.45) is 0 Å². The maximum absolute atomic E-state index is 12.5. The van der Waals surface area contributed by atoms with Crippen LogP contribution in [-0.4, -0.2) is 31.6 Å². The summed E-state index contributed by atoms with van der Waals surface area (Å²) in [5.41, 5.74) is 3.33. The summed E-state index contributed by atoms with van der Waals surface area (Å²) in [4.78, 5) is 26.3. The minimum Gasteiger partial charge on any atom is -0.382 e. The van der Waals surface area contributed by atoms with Crippen molar-refractivity contribution < 1.29 is 14.3 Å². The topological polar surface area (TPSA) is 67.4 Å². The molecule has 1 heterocycles. The van der Waals surface area contributed by atoms with E-state index in [9.17, 15) is 9.59 Å². The minimum absolute atomic E-state index is 0.153. The number of ether oxygens (including phenoxy) is 1. The molecule has 0 saturated carbocycles. The van der Waals surface area contributed by atoms with Crippen LogP contribution >= 0.6 is 11.8 Å². The van der Waals surface area contributed by atoms with E-state index >= 15 is 0 Å². The zero-order chi connectivity index (χ0) is 19.9. The summed E-state index contributed by atoms with van der Waals surface area (Å²) in [6, 6.07) is 13.4. The number of benzene rings is 2. The molecule has 0 aliphatic carbocycles. The maximum Gasteiger partial charge on any atom is 0.262 e. The molecule has 2 amide bonds. The third-order valence-corrected chi connectivity index (χ3v) is 5.33. The van der Waals surface area contributed by atoms with Crippen LogP contribution in [-0.2, 0) is 9.53 Å². The Balaban J connectivity index is 1.68. The highest BCUT2D eigenvalue weighted by Gasteiger charge is 2.22. The number of fused-ring (bicyclic) bond motifs is 1. The van der Waals surface area contributed by atoms with Crippen molar-refractivity contribution in [1.82, 2.24) is 5.32 Å². The Bertz CT molecular complexity index is 908. The van der Waals surface area contributed by atoms with Crippen LogP contribution in [0.1, 0.15) is 34.8 Å². The third-order valence-electron chi connectivity index (χ3n) is 4.23. The van der Waals surface area contributed by atoms with E-state index in [0.29, 0.717) is 35.9 Å². The molecule has 6 heteroatoms. The lowest BCUT2D eigenvalue weighted by Gasteiger charge is -2.19. The predicted octanol–water partition coefficient (Wildman–Crippen LogP) is 4.24. The first-order valence-electron chi connectivity index (χ1n) is 9.34. The summed E-state index contributed by atoms with van der Waals surface area (Å²) >= 11 is 1.41. The van der Waals surface area contributed by atoms with Crippen LogP contribution < -0.4 is 10.6 Å². The Morgan fingerprint density at radius 1 is 1.25 bits per heavy atom. The average molecular weight is 397 g/mol. The number of aryl methyl sites for hydroxylation is 1. The summed E-state index contributed by atoms with van der Waals surface area (Å²) in [6.45, 7) is 5.83. The van der Waals surface area contributed by atoms with Crippen molar-refractivity contribution in [3.05, 3.63) is 64.1 Å². The normalized spacial score (nSPS) is 14.5. The Labute approximate surface area is 169 Å². The average Bonchev–Trinajstić information content (AvgIpc) is 2.68. The van der Waals surface area contributed by atoms with Crippen molar-refractivity contribution in [3.8, 4) is 0 Å². The summed E-state index contributed by atoms with van der Waals surface area (Å²) in [6.07, 6.45) is 2.65. The molecule has 0 radical (unpaired) electrons. The maximum atomic E-state index is 12.5. The Hall–Kier alpha value is -2.57. The molecule has 28 heavy (non-hydrogen) atoms. The second-order valence-electron chi connectivity index (χ2n) is 6.50. The van der Waals surface area contributed by atoms with Gasteiger partial charge in [0.15, 0.2) is 0 Å². The number of amides is 2. The quantitative estimate of drug-likeness (QED) is 0.543. The highest BCUT2D eigenvalue weighted by atomic mass is 32.2. The Morgan fingerprint density at radius 2 is 2.11 bits per heavy atom. The second-order valence-corrected chi connectivity index (χ2v) is 7.58. The monoisotopic (exact) mass is 396 g/mol. The molecule has 3 rings (SSSR count). The van der Waals surface area contributed by atoms with Crippen molar-refractivity contribution in [3.63, 3.8) is 0 Å². The Kier molecular flexibility index (Phi) is 6.90. The van der Waals surface area contributed by atoms with E-state index in [1.54, 1.807) is 12.1 Å². The first-order chi connectivity index (χ1) is 13.6. The molecule has 0 fully saturated rings. The number of anilines is 1. The first kappa shape index (κ1) is 20.2. The Morgan fingerprint density at radius 3 is 2.89 bits per heavy atom. The van der Waals surface area contributed by atoms with Crippen LogP contribution in [0.3, 0.4) is 0 Å². The van der Waals surface area contributed by atoms with Gasteiger partial charge in [-0.15, -0.1) is 0 Å². The summed E-state index contributed by atoms with van der Waals surface area (Å²) in [7, 11) is 0. The van der Waals surface area contributed by atoms with Crippen molar-refractivity contribution in [2.45, 2.75) is 25.2 Å². The van der Waals surface area contributed by atoms with Crippen LogP contribution in [0.5, 0.6) is 0 Å². The van der Waals surface area contributed by atoms with Crippen LogP contribution in [0, 0.1) is 6.92 Å². The molecule has 2 aromatic carbocycles. The van der Waals surface area contributed by atoms with E-state index < -0.39 is 0 Å². The van der Waals surface area contributed by atoms with Gasteiger partial charge >= 0.3 is 0 Å². The van der Waals surface area contributed by atoms with Crippen molar-refractivity contribution in [2.75, 3.05) is 25.1 Å². The summed E-state index contributed by atoms with van der Waals surface area (Å²) in [5, 5.41) is 5.77. The molecule has 0 unspecified atom stereocenters. The first-order valence-corrected chi connectivity index (χ1v) is 10.2. The molecule has 0 bridgehead atoms. The fourth-order valence-electron chi connectivity index (χ4n) is 2.84. The van der Waals surface area contributed by atoms with Crippen LogP contribution in [0.15, 0.2) is 52.3 Å². The van der Waals surface area contributed by atoms with E-state index in [0.717, 1.165) is 22.4 Å². The van der Waals surface area contributed by atoms with E-state index in [1.807, 2.05) is 50.3 Å². The number of thioether (sulfide) groups is 1. The van der Waals surface area contributed by atoms with Gasteiger partial charge in [-0.3, -0.25) is 9.59 Å². The zero-order valence-electron chi connectivity index (χ0n) is 16.1. The van der Waals surface area contributed by atoms with Gasteiger partial charge in [-0.25, -0.2) is 0 Å². The van der Waals surface area contributed by atoms with Gasteiger partial charge in [-0.1, -0.05) is 41.6 Å². The molecule has 1 aliphatic rings. The predicted molar refractivity (Wildman–Crippen MR) is 114 cm³/mol. The fraction of sp³-hybridized carbons (Fsp3) is 0.273. The van der Waals surface area contributed by atoms with Crippen LogP contribution in [0.25, 0.3) is 6.08 Å². The standard InChI is InChI=1S/C22H24N2O3S/c1-3-27-11-5-10-23-21(25)17-8-9-19-18(14-17)24-22(26)20(28-19)13-16-7-4-6-15(2)12-16/h4,6-9,12-14H,3,5,10-11H2,1-2H3,(H,23,25)(H,24,26)/b20-13+. The number of nitrogens with one attached hydrogen (secondary N) is 2.